The summed E-state index contributed by atoms with van der Waals surface area (Å²) in [6.07, 6.45) is -6.27. The van der Waals surface area contributed by atoms with Crippen LogP contribution in [0.25, 0.3) is 11.2 Å². The number of aliphatic hydroxyl groups excluding tert-OH is 3. The molecule has 0 spiro atoms. The SMILES string of the molecule is O=C(Cc1ccc(Nc2ncnc3c2ncn3C2O[C@H](CO)[C@@H](O)[C@H]2O)cc1)Nc1ccc(C(F)(F)F)cc1. The van der Waals surface area contributed by atoms with E-state index in [0.29, 0.717) is 28.2 Å². The number of hydrogen-bond acceptors (Lipinski definition) is 9. The average molecular weight is 544 g/mol. The Morgan fingerprint density at radius 2 is 1.67 bits per heavy atom. The van der Waals surface area contributed by atoms with Gasteiger partial charge in [0.25, 0.3) is 0 Å². The number of anilines is 3. The standard InChI is InChI=1S/C25H23F3N6O5/c26-25(27,28)14-3-7-15(8-4-14)32-18(36)9-13-1-5-16(6-2-13)33-22-19-23(30-11-29-22)34(12-31-19)24-21(38)20(37)17(10-35)39-24/h1-8,11-12,17,20-21,24,35,37-38H,9-10H2,(H,32,36)(H,29,30,33)/t17-,20-,21-,24?/m1/s1. The zero-order valence-electron chi connectivity index (χ0n) is 20.1. The third-order valence-electron chi connectivity index (χ3n) is 6.23. The highest BCUT2D eigenvalue weighted by molar-refractivity contribution is 5.92. The van der Waals surface area contributed by atoms with Crippen LogP contribution in [0.5, 0.6) is 0 Å². The molecule has 204 valence electrons. The molecule has 1 amide bonds. The van der Waals surface area contributed by atoms with Crippen LogP contribution in [0, 0.1) is 0 Å². The van der Waals surface area contributed by atoms with Gasteiger partial charge < -0.3 is 30.7 Å². The summed E-state index contributed by atoms with van der Waals surface area (Å²) in [6.45, 7) is -0.462. The van der Waals surface area contributed by atoms with Gasteiger partial charge in [0, 0.05) is 11.4 Å². The van der Waals surface area contributed by atoms with Crippen molar-refractivity contribution in [3.63, 3.8) is 0 Å². The van der Waals surface area contributed by atoms with Crippen LogP contribution in [-0.2, 0) is 22.1 Å². The largest absolute Gasteiger partial charge is 0.416 e. The van der Waals surface area contributed by atoms with Crippen LogP contribution in [0.3, 0.4) is 0 Å². The lowest BCUT2D eigenvalue weighted by Crippen LogP contribution is -2.33. The first-order chi connectivity index (χ1) is 18.6. The van der Waals surface area contributed by atoms with Gasteiger partial charge in [-0.25, -0.2) is 15.0 Å². The van der Waals surface area contributed by atoms with Crippen LogP contribution in [-0.4, -0.2) is 65.7 Å². The highest BCUT2D eigenvalue weighted by Gasteiger charge is 2.44. The molecule has 0 saturated carbocycles. The van der Waals surface area contributed by atoms with Crippen LogP contribution >= 0.6 is 0 Å². The number of nitrogens with zero attached hydrogens (tertiary/aromatic N) is 4. The Bertz CT molecular complexity index is 1460. The molecule has 4 atom stereocenters. The van der Waals surface area contributed by atoms with E-state index in [9.17, 15) is 33.3 Å². The van der Waals surface area contributed by atoms with Crippen LogP contribution in [0.2, 0.25) is 0 Å². The zero-order chi connectivity index (χ0) is 27.7. The second-order valence-corrected chi connectivity index (χ2v) is 8.90. The van der Waals surface area contributed by atoms with Gasteiger partial charge in [-0.2, -0.15) is 13.2 Å². The molecule has 14 heteroatoms. The van der Waals surface area contributed by atoms with Crippen molar-refractivity contribution in [2.75, 3.05) is 17.2 Å². The van der Waals surface area contributed by atoms with Crippen molar-refractivity contribution in [3.8, 4) is 0 Å². The van der Waals surface area contributed by atoms with E-state index in [4.69, 9.17) is 4.74 Å². The molecule has 1 saturated heterocycles. The van der Waals surface area contributed by atoms with E-state index in [-0.39, 0.29) is 18.0 Å². The Morgan fingerprint density at radius 3 is 2.31 bits per heavy atom. The number of carbonyl (C=O) groups is 1. The summed E-state index contributed by atoms with van der Waals surface area (Å²) in [7, 11) is 0. The van der Waals surface area contributed by atoms with Crippen molar-refractivity contribution >= 4 is 34.3 Å². The molecular weight excluding hydrogens is 521 g/mol. The molecular formula is C25H23F3N6O5. The van der Waals surface area contributed by atoms with Gasteiger partial charge in [-0.05, 0) is 42.0 Å². The van der Waals surface area contributed by atoms with E-state index in [1.807, 2.05) is 0 Å². The summed E-state index contributed by atoms with van der Waals surface area (Å²) in [4.78, 5) is 25.1. The molecule has 5 rings (SSSR count). The Kier molecular flexibility index (Phi) is 7.18. The molecule has 5 N–H and O–H groups in total. The Labute approximate surface area is 218 Å². The number of nitrogens with one attached hydrogen (secondary N) is 2. The fourth-order valence-electron chi connectivity index (χ4n) is 4.22. The molecule has 2 aromatic heterocycles. The van der Waals surface area contributed by atoms with Crippen LogP contribution < -0.4 is 10.6 Å². The number of imidazole rings is 1. The lowest BCUT2D eigenvalue weighted by Gasteiger charge is -2.16. The van der Waals surface area contributed by atoms with E-state index in [1.54, 1.807) is 24.3 Å². The quantitative estimate of drug-likeness (QED) is 0.236. The lowest BCUT2D eigenvalue weighted by molar-refractivity contribution is -0.137. The predicted molar refractivity (Wildman–Crippen MR) is 132 cm³/mol. The van der Waals surface area contributed by atoms with E-state index in [1.165, 1.54) is 29.4 Å². The molecule has 1 unspecified atom stereocenters. The number of hydrogen-bond donors (Lipinski definition) is 5. The summed E-state index contributed by atoms with van der Waals surface area (Å²) >= 11 is 0. The molecule has 3 heterocycles. The first kappa shape index (κ1) is 26.5. The number of benzene rings is 2. The molecule has 11 nitrogen and oxygen atoms in total. The number of alkyl halides is 3. The molecule has 2 aromatic carbocycles. The van der Waals surface area contributed by atoms with Gasteiger partial charge in [0.2, 0.25) is 5.91 Å². The minimum atomic E-state index is -4.45. The second kappa shape index (κ2) is 10.6. The van der Waals surface area contributed by atoms with Crippen molar-refractivity contribution in [2.45, 2.75) is 37.1 Å². The summed E-state index contributed by atoms with van der Waals surface area (Å²) in [5, 5.41) is 35.4. The summed E-state index contributed by atoms with van der Waals surface area (Å²) < 4.78 is 45.1. The molecule has 0 radical (unpaired) electrons. The maximum atomic E-state index is 12.7. The number of rotatable bonds is 7. The number of carbonyl (C=O) groups excluding carboxylic acids is 1. The van der Waals surface area contributed by atoms with Crippen molar-refractivity contribution in [3.05, 3.63) is 72.3 Å². The van der Waals surface area contributed by atoms with Crippen molar-refractivity contribution < 1.29 is 38.0 Å². The van der Waals surface area contributed by atoms with Crippen molar-refractivity contribution in [1.29, 1.82) is 0 Å². The zero-order valence-corrected chi connectivity index (χ0v) is 20.1. The van der Waals surface area contributed by atoms with E-state index >= 15 is 0 Å². The molecule has 4 aromatic rings. The average Bonchev–Trinajstić information content (AvgIpc) is 3.46. The minimum Gasteiger partial charge on any atom is -0.394 e. The van der Waals surface area contributed by atoms with Crippen LogP contribution in [0.1, 0.15) is 17.4 Å². The molecule has 1 aliphatic rings. The van der Waals surface area contributed by atoms with Crippen molar-refractivity contribution in [2.24, 2.45) is 0 Å². The normalized spacial score (nSPS) is 21.3. The summed E-state index contributed by atoms with van der Waals surface area (Å²) in [5.41, 5.74) is 1.47. The Balaban J connectivity index is 1.24. The number of halogens is 3. The molecule has 1 fully saturated rings. The summed E-state index contributed by atoms with van der Waals surface area (Å²) in [6, 6.07) is 11.1. The van der Waals surface area contributed by atoms with Crippen LogP contribution in [0.15, 0.2) is 61.2 Å². The first-order valence-electron chi connectivity index (χ1n) is 11.8. The van der Waals surface area contributed by atoms with E-state index in [2.05, 4.69) is 25.6 Å². The third kappa shape index (κ3) is 5.54. The summed E-state index contributed by atoms with van der Waals surface area (Å²) in [5.74, 6) is -0.0262. The molecule has 1 aliphatic heterocycles. The number of ether oxygens (including phenoxy) is 1. The number of aromatic nitrogens is 4. The van der Waals surface area contributed by atoms with Gasteiger partial charge in [-0.15, -0.1) is 0 Å². The number of aliphatic hydroxyl groups is 3. The fourth-order valence-corrected chi connectivity index (χ4v) is 4.22. The monoisotopic (exact) mass is 544 g/mol. The topological polar surface area (TPSA) is 155 Å². The second-order valence-electron chi connectivity index (χ2n) is 8.90. The maximum absolute atomic E-state index is 12.7. The van der Waals surface area contributed by atoms with Crippen LogP contribution in [0.4, 0.5) is 30.4 Å². The number of fused-ring (bicyclic) bond motifs is 1. The highest BCUT2D eigenvalue weighted by Crippen LogP contribution is 2.33. The number of amides is 1. The highest BCUT2D eigenvalue weighted by atomic mass is 19.4. The first-order valence-corrected chi connectivity index (χ1v) is 11.8. The predicted octanol–water partition coefficient (Wildman–Crippen LogP) is 2.38. The van der Waals surface area contributed by atoms with Gasteiger partial charge in [0.1, 0.15) is 24.6 Å². The van der Waals surface area contributed by atoms with Gasteiger partial charge in [-0.3, -0.25) is 9.36 Å². The van der Waals surface area contributed by atoms with Gasteiger partial charge in [0.15, 0.2) is 23.2 Å². The maximum Gasteiger partial charge on any atom is 0.416 e. The lowest BCUT2D eigenvalue weighted by atomic mass is 10.1. The molecule has 0 aliphatic carbocycles. The van der Waals surface area contributed by atoms with E-state index in [0.717, 1.165) is 12.1 Å². The fraction of sp³-hybridized carbons (Fsp3) is 0.280. The smallest absolute Gasteiger partial charge is 0.394 e. The van der Waals surface area contributed by atoms with Gasteiger partial charge in [-0.1, -0.05) is 12.1 Å². The van der Waals surface area contributed by atoms with Crippen molar-refractivity contribution in [1.82, 2.24) is 19.5 Å². The minimum absolute atomic E-state index is 0.00780. The van der Waals surface area contributed by atoms with Gasteiger partial charge in [0.05, 0.1) is 24.9 Å². The van der Waals surface area contributed by atoms with Gasteiger partial charge >= 0.3 is 6.18 Å². The Hall–Kier alpha value is -4.11. The molecule has 39 heavy (non-hydrogen) atoms. The Morgan fingerprint density at radius 1 is 0.974 bits per heavy atom. The van der Waals surface area contributed by atoms with E-state index < -0.39 is 42.9 Å². The molecule has 0 bridgehead atoms. The third-order valence-corrected chi connectivity index (χ3v) is 6.23.